The van der Waals surface area contributed by atoms with Gasteiger partial charge in [0.1, 0.15) is 18.4 Å². The number of halogens is 3. The second kappa shape index (κ2) is 13.8. The van der Waals surface area contributed by atoms with Crippen molar-refractivity contribution in [3.05, 3.63) is 94.2 Å². The summed E-state index contributed by atoms with van der Waals surface area (Å²) >= 11 is 12.5. The van der Waals surface area contributed by atoms with E-state index in [0.29, 0.717) is 6.54 Å². The number of hydrogen-bond donors (Lipinski definition) is 1. The molecule has 0 fully saturated rings. The number of nitrogens with zero attached hydrogens (tertiary/aromatic N) is 2. The molecule has 0 aliphatic carbocycles. The van der Waals surface area contributed by atoms with Crippen LogP contribution in [0.25, 0.3) is 0 Å². The van der Waals surface area contributed by atoms with Gasteiger partial charge in [-0.25, -0.2) is 12.8 Å². The van der Waals surface area contributed by atoms with Crippen LogP contribution in [0, 0.1) is 5.82 Å². The van der Waals surface area contributed by atoms with Crippen molar-refractivity contribution in [1.82, 2.24) is 10.2 Å². The van der Waals surface area contributed by atoms with Gasteiger partial charge in [-0.05, 0) is 49.7 Å². The molecule has 0 saturated carbocycles. The molecule has 3 aromatic carbocycles. The summed E-state index contributed by atoms with van der Waals surface area (Å²) < 4.78 is 43.0. The van der Waals surface area contributed by atoms with Gasteiger partial charge in [0.25, 0.3) is 10.0 Å². The first-order chi connectivity index (χ1) is 18.6. The van der Waals surface area contributed by atoms with Gasteiger partial charge in [-0.15, -0.1) is 0 Å². The van der Waals surface area contributed by atoms with E-state index in [-0.39, 0.29) is 32.7 Å². The zero-order valence-electron chi connectivity index (χ0n) is 21.6. The monoisotopic (exact) mass is 593 g/mol. The second-order valence-corrected chi connectivity index (χ2v) is 11.6. The predicted molar refractivity (Wildman–Crippen MR) is 152 cm³/mol. The minimum absolute atomic E-state index is 0.00717. The summed E-state index contributed by atoms with van der Waals surface area (Å²) in [6.45, 7) is 2.94. The lowest BCUT2D eigenvalue weighted by molar-refractivity contribution is -0.139. The zero-order valence-corrected chi connectivity index (χ0v) is 23.9. The molecule has 208 valence electrons. The van der Waals surface area contributed by atoms with Crippen LogP contribution in [-0.4, -0.2) is 44.3 Å². The van der Waals surface area contributed by atoms with E-state index in [4.69, 9.17) is 23.2 Å². The highest BCUT2D eigenvalue weighted by molar-refractivity contribution is 7.92. The number of nitrogens with one attached hydrogen (secondary N) is 1. The fraction of sp³-hybridized carbons (Fsp3) is 0.286. The molecule has 39 heavy (non-hydrogen) atoms. The Hall–Kier alpha value is -3.14. The van der Waals surface area contributed by atoms with Gasteiger partial charge >= 0.3 is 0 Å². The number of rotatable bonds is 12. The Kier molecular flexibility index (Phi) is 10.7. The predicted octanol–water partition coefficient (Wildman–Crippen LogP) is 5.66. The van der Waals surface area contributed by atoms with Crippen molar-refractivity contribution < 1.29 is 22.4 Å². The summed E-state index contributed by atoms with van der Waals surface area (Å²) in [6, 6.07) is 16.7. The lowest BCUT2D eigenvalue weighted by atomic mass is 10.1. The Morgan fingerprint density at radius 1 is 1.00 bits per heavy atom. The molecule has 0 aromatic heterocycles. The van der Waals surface area contributed by atoms with Gasteiger partial charge in [0.2, 0.25) is 11.8 Å². The van der Waals surface area contributed by atoms with Crippen LogP contribution in [0.15, 0.2) is 77.7 Å². The minimum Gasteiger partial charge on any atom is -0.354 e. The Balaban J connectivity index is 2.04. The van der Waals surface area contributed by atoms with E-state index in [2.05, 4.69) is 5.32 Å². The average molecular weight is 595 g/mol. The highest BCUT2D eigenvalue weighted by Crippen LogP contribution is 2.33. The topological polar surface area (TPSA) is 86.8 Å². The highest BCUT2D eigenvalue weighted by Gasteiger charge is 2.33. The van der Waals surface area contributed by atoms with Crippen LogP contribution in [0.2, 0.25) is 10.0 Å². The minimum atomic E-state index is -4.30. The van der Waals surface area contributed by atoms with Crippen molar-refractivity contribution in [3.63, 3.8) is 0 Å². The van der Waals surface area contributed by atoms with Crippen molar-refractivity contribution in [2.45, 2.75) is 44.2 Å². The van der Waals surface area contributed by atoms with Crippen LogP contribution in [0.5, 0.6) is 0 Å². The molecule has 7 nitrogen and oxygen atoms in total. The number of unbranched alkanes of at least 4 members (excludes halogenated alkanes) is 1. The molecule has 0 saturated heterocycles. The van der Waals surface area contributed by atoms with Crippen LogP contribution in [-0.2, 0) is 26.2 Å². The third-order valence-corrected chi connectivity index (χ3v) is 8.41. The zero-order chi connectivity index (χ0) is 28.6. The molecule has 0 bridgehead atoms. The molecule has 0 heterocycles. The molecule has 3 aromatic rings. The molecule has 3 rings (SSSR count). The Morgan fingerprint density at radius 2 is 1.67 bits per heavy atom. The van der Waals surface area contributed by atoms with Gasteiger partial charge in [-0.2, -0.15) is 0 Å². The summed E-state index contributed by atoms with van der Waals surface area (Å²) in [5.41, 5.74) is 0.171. The Morgan fingerprint density at radius 3 is 2.33 bits per heavy atom. The van der Waals surface area contributed by atoms with Crippen molar-refractivity contribution in [2.24, 2.45) is 0 Å². The molecule has 11 heteroatoms. The Bertz CT molecular complexity index is 1410. The number of benzene rings is 3. The number of carbonyl (C=O) groups excluding carboxylic acids is 2. The first-order valence-corrected chi connectivity index (χ1v) is 14.6. The van der Waals surface area contributed by atoms with E-state index in [1.54, 1.807) is 24.3 Å². The fourth-order valence-electron chi connectivity index (χ4n) is 3.84. The first kappa shape index (κ1) is 30.4. The van der Waals surface area contributed by atoms with Crippen LogP contribution >= 0.6 is 23.2 Å². The summed E-state index contributed by atoms with van der Waals surface area (Å²) in [7, 11) is -4.30. The lowest BCUT2D eigenvalue weighted by Gasteiger charge is -2.32. The number of sulfonamides is 1. The molecule has 1 atom stereocenters. The number of carbonyl (C=O) groups is 2. The van der Waals surface area contributed by atoms with Crippen LogP contribution in [0.4, 0.5) is 10.1 Å². The molecular weight excluding hydrogens is 564 g/mol. The lowest BCUT2D eigenvalue weighted by Crippen LogP contribution is -2.51. The third kappa shape index (κ3) is 7.71. The Labute approximate surface area is 238 Å². The van der Waals surface area contributed by atoms with Gasteiger partial charge in [-0.3, -0.25) is 13.9 Å². The molecule has 2 amide bonds. The standard InChI is InChI=1S/C28H30Cl2FN3O4S/c1-3-4-16-32-28(36)20(2)33(18-21-10-8-9-13-25(21)31)27(35)19-34(26-17-22(29)14-15-24(26)30)39(37,38)23-11-6-5-7-12-23/h5-15,17,20H,3-4,16,18-19H2,1-2H3,(H,32,36). The summed E-state index contributed by atoms with van der Waals surface area (Å²) in [5, 5.41) is 3.04. The normalized spacial score (nSPS) is 12.0. The maximum absolute atomic E-state index is 14.6. The van der Waals surface area contributed by atoms with E-state index in [1.165, 1.54) is 55.5 Å². The number of amides is 2. The first-order valence-electron chi connectivity index (χ1n) is 12.4. The molecule has 1 N–H and O–H groups in total. The SMILES string of the molecule is CCCCNC(=O)C(C)N(Cc1ccccc1F)C(=O)CN(c1cc(Cl)ccc1Cl)S(=O)(=O)c1ccccc1. The van der Waals surface area contributed by atoms with Crippen LogP contribution in [0.1, 0.15) is 32.3 Å². The van der Waals surface area contributed by atoms with Gasteiger partial charge < -0.3 is 10.2 Å². The fourth-order valence-corrected chi connectivity index (χ4v) is 5.72. The van der Waals surface area contributed by atoms with E-state index < -0.39 is 40.2 Å². The second-order valence-electron chi connectivity index (χ2n) is 8.85. The van der Waals surface area contributed by atoms with E-state index in [9.17, 15) is 22.4 Å². The quantitative estimate of drug-likeness (QED) is 0.274. The summed E-state index contributed by atoms with van der Waals surface area (Å²) in [5.74, 6) is -1.72. The summed E-state index contributed by atoms with van der Waals surface area (Å²) in [4.78, 5) is 27.9. The van der Waals surface area contributed by atoms with Crippen molar-refractivity contribution in [2.75, 3.05) is 17.4 Å². The van der Waals surface area contributed by atoms with E-state index >= 15 is 0 Å². The molecule has 1 unspecified atom stereocenters. The van der Waals surface area contributed by atoms with E-state index in [1.807, 2.05) is 6.92 Å². The van der Waals surface area contributed by atoms with Gasteiger partial charge in [0.05, 0.1) is 15.6 Å². The van der Waals surface area contributed by atoms with E-state index in [0.717, 1.165) is 22.0 Å². The smallest absolute Gasteiger partial charge is 0.264 e. The maximum Gasteiger partial charge on any atom is 0.264 e. The molecule has 0 aliphatic rings. The number of hydrogen-bond acceptors (Lipinski definition) is 4. The number of anilines is 1. The van der Waals surface area contributed by atoms with Gasteiger partial charge in [-0.1, -0.05) is 72.9 Å². The van der Waals surface area contributed by atoms with Gasteiger partial charge in [0.15, 0.2) is 0 Å². The van der Waals surface area contributed by atoms with Gasteiger partial charge in [0, 0.05) is 23.7 Å². The summed E-state index contributed by atoms with van der Waals surface area (Å²) in [6.07, 6.45) is 1.61. The largest absolute Gasteiger partial charge is 0.354 e. The molecule has 0 spiro atoms. The average Bonchev–Trinajstić information content (AvgIpc) is 2.92. The van der Waals surface area contributed by atoms with Crippen molar-refractivity contribution in [3.8, 4) is 0 Å². The maximum atomic E-state index is 14.6. The molecular formula is C28H30Cl2FN3O4S. The highest BCUT2D eigenvalue weighted by atomic mass is 35.5. The molecule has 0 radical (unpaired) electrons. The third-order valence-electron chi connectivity index (χ3n) is 6.08. The van der Waals surface area contributed by atoms with Crippen LogP contribution < -0.4 is 9.62 Å². The van der Waals surface area contributed by atoms with Crippen molar-refractivity contribution >= 4 is 50.7 Å². The van der Waals surface area contributed by atoms with Crippen LogP contribution in [0.3, 0.4) is 0 Å². The van der Waals surface area contributed by atoms with Crippen molar-refractivity contribution in [1.29, 1.82) is 0 Å². The molecule has 0 aliphatic heterocycles.